The predicted octanol–water partition coefficient (Wildman–Crippen LogP) is 7.97. The third kappa shape index (κ3) is 4.91. The van der Waals surface area contributed by atoms with Gasteiger partial charge in [0.1, 0.15) is 11.1 Å². The summed E-state index contributed by atoms with van der Waals surface area (Å²) in [4.78, 5) is 30.3. The summed E-state index contributed by atoms with van der Waals surface area (Å²) in [5, 5.41) is 3.43. The standard InChI is InChI=1S/C35H33ClN2O3/c1-5-23-34(37-32(40)41-33(2,3)4)29-22-21-28(36)24-30(29)38(31(34)39)35(25-15-9-6-10-16-25,26-17-11-7-12-18-26)27-19-13-8-14-20-27/h5-22,24H,1,23H2,2-4H3,(H,37,40)/t34-/m1/s1. The number of fused-ring (bicyclic) bond motifs is 1. The molecule has 1 aliphatic heterocycles. The van der Waals surface area contributed by atoms with E-state index in [1.807, 2.05) is 97.1 Å². The molecule has 208 valence electrons. The summed E-state index contributed by atoms with van der Waals surface area (Å²) in [5.41, 5.74) is 0.495. The average Bonchev–Trinajstić information content (AvgIpc) is 3.17. The van der Waals surface area contributed by atoms with E-state index < -0.39 is 22.8 Å². The molecule has 0 saturated heterocycles. The Balaban J connectivity index is 1.87. The molecule has 0 spiro atoms. The normalized spacial score (nSPS) is 16.7. The zero-order valence-electron chi connectivity index (χ0n) is 23.4. The van der Waals surface area contributed by atoms with Gasteiger partial charge in [-0.15, -0.1) is 6.58 Å². The number of alkyl carbamates (subject to hydrolysis) is 1. The molecule has 0 fully saturated rings. The summed E-state index contributed by atoms with van der Waals surface area (Å²) in [6.07, 6.45) is 1.09. The second kappa shape index (κ2) is 10.9. The fourth-order valence-electron chi connectivity index (χ4n) is 5.79. The van der Waals surface area contributed by atoms with Gasteiger partial charge in [0, 0.05) is 17.0 Å². The lowest BCUT2D eigenvalue weighted by Gasteiger charge is -2.44. The molecule has 2 amide bonds. The van der Waals surface area contributed by atoms with Gasteiger partial charge in [-0.25, -0.2) is 4.79 Å². The van der Waals surface area contributed by atoms with Crippen LogP contribution in [0, 0.1) is 0 Å². The van der Waals surface area contributed by atoms with Crippen molar-refractivity contribution in [2.75, 3.05) is 4.90 Å². The molecule has 0 saturated carbocycles. The van der Waals surface area contributed by atoms with Crippen molar-refractivity contribution in [3.8, 4) is 0 Å². The van der Waals surface area contributed by atoms with E-state index >= 15 is 4.79 Å². The third-order valence-corrected chi connectivity index (χ3v) is 7.54. The summed E-state index contributed by atoms with van der Waals surface area (Å²) in [6, 6.07) is 35.1. The van der Waals surface area contributed by atoms with E-state index in [4.69, 9.17) is 16.3 Å². The van der Waals surface area contributed by atoms with Crippen molar-refractivity contribution in [3.05, 3.63) is 149 Å². The van der Waals surface area contributed by atoms with E-state index in [1.165, 1.54) is 0 Å². The molecule has 4 aromatic carbocycles. The lowest BCUT2D eigenvalue weighted by Crippen LogP contribution is -2.58. The zero-order chi connectivity index (χ0) is 29.3. The van der Waals surface area contributed by atoms with Crippen LogP contribution < -0.4 is 10.2 Å². The molecule has 6 heteroatoms. The SMILES string of the molecule is C=CC[C@]1(NC(=O)OC(C)(C)C)C(=O)N(C(c2ccccc2)(c2ccccc2)c2ccccc2)c2cc(Cl)ccc21. The first kappa shape index (κ1) is 28.2. The minimum Gasteiger partial charge on any atom is -0.444 e. The summed E-state index contributed by atoms with van der Waals surface area (Å²) < 4.78 is 5.65. The number of halogens is 1. The number of rotatable bonds is 7. The molecule has 1 atom stereocenters. The van der Waals surface area contributed by atoms with E-state index in [1.54, 1.807) is 43.9 Å². The first-order valence-corrected chi connectivity index (χ1v) is 13.9. The van der Waals surface area contributed by atoms with Gasteiger partial charge in [-0.05, 0) is 49.6 Å². The summed E-state index contributed by atoms with van der Waals surface area (Å²) in [6.45, 7) is 9.31. The highest BCUT2D eigenvalue weighted by Crippen LogP contribution is 2.53. The van der Waals surface area contributed by atoms with Gasteiger partial charge in [0.2, 0.25) is 0 Å². The van der Waals surface area contributed by atoms with E-state index in [-0.39, 0.29) is 12.3 Å². The van der Waals surface area contributed by atoms with Crippen molar-refractivity contribution in [3.63, 3.8) is 0 Å². The van der Waals surface area contributed by atoms with Gasteiger partial charge < -0.3 is 10.1 Å². The molecule has 0 unspecified atom stereocenters. The molecule has 4 aromatic rings. The molecule has 1 aliphatic rings. The van der Waals surface area contributed by atoms with Crippen molar-refractivity contribution in [1.82, 2.24) is 5.32 Å². The molecular formula is C35H33ClN2O3. The molecule has 0 radical (unpaired) electrons. The Bertz CT molecular complexity index is 1470. The molecule has 1 heterocycles. The highest BCUT2D eigenvalue weighted by molar-refractivity contribution is 6.31. The quantitative estimate of drug-likeness (QED) is 0.183. The van der Waals surface area contributed by atoms with Crippen LogP contribution >= 0.6 is 11.6 Å². The number of benzene rings is 4. The monoisotopic (exact) mass is 564 g/mol. The van der Waals surface area contributed by atoms with Gasteiger partial charge in [0.15, 0.2) is 5.54 Å². The number of hydrogen-bond donors (Lipinski definition) is 1. The van der Waals surface area contributed by atoms with Crippen LogP contribution in [0.5, 0.6) is 0 Å². The van der Waals surface area contributed by atoms with Crippen LogP contribution in [0.25, 0.3) is 0 Å². The number of anilines is 1. The lowest BCUT2D eigenvalue weighted by atomic mass is 9.75. The summed E-state index contributed by atoms with van der Waals surface area (Å²) in [7, 11) is 0. The zero-order valence-corrected chi connectivity index (χ0v) is 24.2. The lowest BCUT2D eigenvalue weighted by molar-refractivity contribution is -0.125. The fraction of sp³-hybridized carbons (Fsp3) is 0.200. The topological polar surface area (TPSA) is 58.6 Å². The molecule has 0 bridgehead atoms. The van der Waals surface area contributed by atoms with E-state index in [9.17, 15) is 4.79 Å². The van der Waals surface area contributed by atoms with Crippen molar-refractivity contribution < 1.29 is 14.3 Å². The maximum Gasteiger partial charge on any atom is 0.408 e. The van der Waals surface area contributed by atoms with Gasteiger partial charge in [0.05, 0.1) is 5.69 Å². The Labute approximate surface area is 246 Å². The van der Waals surface area contributed by atoms with Crippen molar-refractivity contribution in [2.24, 2.45) is 0 Å². The van der Waals surface area contributed by atoms with Gasteiger partial charge in [-0.3, -0.25) is 9.69 Å². The van der Waals surface area contributed by atoms with E-state index in [0.29, 0.717) is 16.3 Å². The number of carbonyl (C=O) groups excluding carboxylic acids is 2. The number of nitrogens with one attached hydrogen (secondary N) is 1. The summed E-state index contributed by atoms with van der Waals surface area (Å²) in [5.74, 6) is -0.322. The third-order valence-electron chi connectivity index (χ3n) is 7.30. The fourth-order valence-corrected chi connectivity index (χ4v) is 5.95. The maximum absolute atomic E-state index is 15.2. The molecule has 41 heavy (non-hydrogen) atoms. The average molecular weight is 565 g/mol. The Kier molecular flexibility index (Phi) is 7.50. The van der Waals surface area contributed by atoms with Crippen LogP contribution in [-0.2, 0) is 20.6 Å². The molecule has 0 aliphatic carbocycles. The molecule has 1 N–H and O–H groups in total. The minimum atomic E-state index is -1.48. The van der Waals surface area contributed by atoms with E-state index in [0.717, 1.165) is 16.7 Å². The minimum absolute atomic E-state index is 0.144. The first-order chi connectivity index (χ1) is 19.6. The van der Waals surface area contributed by atoms with E-state index in [2.05, 4.69) is 11.9 Å². The van der Waals surface area contributed by atoms with Crippen LogP contribution in [0.4, 0.5) is 10.5 Å². The Morgan fingerprint density at radius 1 is 0.878 bits per heavy atom. The molecular weight excluding hydrogens is 532 g/mol. The van der Waals surface area contributed by atoms with Crippen LogP contribution in [0.1, 0.15) is 49.4 Å². The molecule has 5 rings (SSSR count). The van der Waals surface area contributed by atoms with Gasteiger partial charge in [0.25, 0.3) is 5.91 Å². The first-order valence-electron chi connectivity index (χ1n) is 13.6. The predicted molar refractivity (Wildman–Crippen MR) is 164 cm³/mol. The number of amides is 2. The molecule has 0 aromatic heterocycles. The van der Waals surface area contributed by atoms with Crippen LogP contribution in [0.2, 0.25) is 5.02 Å². The van der Waals surface area contributed by atoms with Crippen molar-refractivity contribution in [2.45, 2.75) is 43.9 Å². The number of carbonyl (C=O) groups is 2. The Hall–Kier alpha value is -4.35. The number of nitrogens with zero attached hydrogens (tertiary/aromatic N) is 1. The number of ether oxygens (including phenoxy) is 1. The van der Waals surface area contributed by atoms with Gasteiger partial charge >= 0.3 is 6.09 Å². The Morgan fingerprint density at radius 2 is 1.37 bits per heavy atom. The highest BCUT2D eigenvalue weighted by Gasteiger charge is 2.59. The number of hydrogen-bond acceptors (Lipinski definition) is 3. The van der Waals surface area contributed by atoms with Crippen LogP contribution in [0.15, 0.2) is 122 Å². The smallest absolute Gasteiger partial charge is 0.408 e. The van der Waals surface area contributed by atoms with Crippen LogP contribution in [-0.4, -0.2) is 17.6 Å². The van der Waals surface area contributed by atoms with Gasteiger partial charge in [-0.1, -0.05) is 115 Å². The van der Waals surface area contributed by atoms with Crippen molar-refractivity contribution >= 4 is 29.3 Å². The Morgan fingerprint density at radius 3 is 1.80 bits per heavy atom. The van der Waals surface area contributed by atoms with Crippen molar-refractivity contribution in [1.29, 1.82) is 0 Å². The summed E-state index contributed by atoms with van der Waals surface area (Å²) >= 11 is 6.62. The molecule has 5 nitrogen and oxygen atoms in total. The van der Waals surface area contributed by atoms with Crippen LogP contribution in [0.3, 0.4) is 0 Å². The highest BCUT2D eigenvalue weighted by atomic mass is 35.5. The second-order valence-corrected chi connectivity index (χ2v) is 11.6. The van der Waals surface area contributed by atoms with Gasteiger partial charge in [-0.2, -0.15) is 0 Å². The maximum atomic E-state index is 15.2. The largest absolute Gasteiger partial charge is 0.444 e. The second-order valence-electron chi connectivity index (χ2n) is 11.1.